The highest BCUT2D eigenvalue weighted by molar-refractivity contribution is 5.76. The lowest BCUT2D eigenvalue weighted by Gasteiger charge is -2.18. The number of ether oxygens (including phenoxy) is 3. The molecule has 2 rings (SSSR count). The average Bonchev–Trinajstić information content (AvgIpc) is 2.52. The van der Waals surface area contributed by atoms with Crippen molar-refractivity contribution < 1.29 is 24.1 Å². The van der Waals surface area contributed by atoms with Gasteiger partial charge in [0.15, 0.2) is 0 Å². The molecule has 2 aromatic rings. The first-order chi connectivity index (χ1) is 10.2. The average molecular weight is 288 g/mol. The zero-order valence-electron chi connectivity index (χ0n) is 11.8. The maximum Gasteiger partial charge on any atom is 0.349 e. The van der Waals surface area contributed by atoms with Crippen LogP contribution in [0.2, 0.25) is 0 Å². The van der Waals surface area contributed by atoms with Crippen LogP contribution in [0.15, 0.2) is 48.5 Å². The van der Waals surface area contributed by atoms with E-state index in [2.05, 4.69) is 0 Å². The van der Waals surface area contributed by atoms with Crippen molar-refractivity contribution in [1.29, 1.82) is 0 Å². The third kappa shape index (κ3) is 3.45. The van der Waals surface area contributed by atoms with Crippen LogP contribution in [0.4, 0.5) is 0 Å². The van der Waals surface area contributed by atoms with Gasteiger partial charge < -0.3 is 19.3 Å². The molecular formula is C16H16O5. The summed E-state index contributed by atoms with van der Waals surface area (Å²) < 4.78 is 15.9. The van der Waals surface area contributed by atoms with Gasteiger partial charge in [-0.05, 0) is 24.3 Å². The minimum absolute atomic E-state index is 0.401. The number of hydrogen-bond acceptors (Lipinski definition) is 4. The molecule has 1 unspecified atom stereocenters. The molecule has 0 radical (unpaired) electrons. The molecule has 5 nitrogen and oxygen atoms in total. The van der Waals surface area contributed by atoms with E-state index in [-0.39, 0.29) is 0 Å². The van der Waals surface area contributed by atoms with Crippen LogP contribution in [-0.4, -0.2) is 25.3 Å². The summed E-state index contributed by atoms with van der Waals surface area (Å²) in [5.41, 5.74) is 0.426. The number of para-hydroxylation sites is 1. The highest BCUT2D eigenvalue weighted by Crippen LogP contribution is 2.32. The van der Waals surface area contributed by atoms with E-state index < -0.39 is 12.1 Å². The van der Waals surface area contributed by atoms with Crippen LogP contribution in [0.1, 0.15) is 11.7 Å². The third-order valence-electron chi connectivity index (χ3n) is 2.94. The van der Waals surface area contributed by atoms with Crippen LogP contribution in [0, 0.1) is 0 Å². The SMILES string of the molecule is COc1ccc(C(Oc2ccccc2)C(=O)O)c(OC)c1. The van der Waals surface area contributed by atoms with Gasteiger partial charge in [-0.2, -0.15) is 0 Å². The van der Waals surface area contributed by atoms with Crippen LogP contribution in [0.3, 0.4) is 0 Å². The molecule has 0 heterocycles. The predicted molar refractivity (Wildman–Crippen MR) is 77.0 cm³/mol. The fourth-order valence-corrected chi connectivity index (χ4v) is 1.92. The van der Waals surface area contributed by atoms with Gasteiger partial charge in [0.25, 0.3) is 0 Å². The Kier molecular flexibility index (Phi) is 4.66. The molecule has 1 atom stereocenters. The Morgan fingerprint density at radius 1 is 1.00 bits per heavy atom. The zero-order valence-corrected chi connectivity index (χ0v) is 11.8. The summed E-state index contributed by atoms with van der Waals surface area (Å²) >= 11 is 0. The standard InChI is InChI=1S/C16H16O5/c1-19-12-8-9-13(14(10-12)20-2)15(16(17)18)21-11-6-4-3-5-7-11/h3-10,15H,1-2H3,(H,17,18). The largest absolute Gasteiger partial charge is 0.497 e. The molecule has 0 aromatic heterocycles. The Morgan fingerprint density at radius 3 is 2.29 bits per heavy atom. The highest BCUT2D eigenvalue weighted by Gasteiger charge is 2.26. The molecule has 1 N–H and O–H groups in total. The Hall–Kier alpha value is -2.69. The van der Waals surface area contributed by atoms with Gasteiger partial charge in [-0.3, -0.25) is 0 Å². The van der Waals surface area contributed by atoms with Crippen LogP contribution in [0.5, 0.6) is 17.2 Å². The molecule has 0 aliphatic heterocycles. The first-order valence-corrected chi connectivity index (χ1v) is 6.32. The molecule has 0 spiro atoms. The summed E-state index contributed by atoms with van der Waals surface area (Å²) in [4.78, 5) is 11.5. The van der Waals surface area contributed by atoms with Gasteiger partial charge in [0.05, 0.1) is 14.2 Å². The minimum Gasteiger partial charge on any atom is -0.497 e. The van der Waals surface area contributed by atoms with Gasteiger partial charge in [0.2, 0.25) is 6.10 Å². The molecule has 0 saturated heterocycles. The molecule has 0 fully saturated rings. The summed E-state index contributed by atoms with van der Waals surface area (Å²) in [5, 5.41) is 9.42. The predicted octanol–water partition coefficient (Wildman–Crippen LogP) is 2.91. The van der Waals surface area contributed by atoms with Gasteiger partial charge in [-0.1, -0.05) is 18.2 Å². The molecular weight excluding hydrogens is 272 g/mol. The smallest absolute Gasteiger partial charge is 0.349 e. The van der Waals surface area contributed by atoms with Crippen LogP contribution >= 0.6 is 0 Å². The fourth-order valence-electron chi connectivity index (χ4n) is 1.92. The van der Waals surface area contributed by atoms with Gasteiger partial charge in [-0.25, -0.2) is 4.79 Å². The zero-order chi connectivity index (χ0) is 15.2. The maximum absolute atomic E-state index is 11.5. The lowest BCUT2D eigenvalue weighted by Crippen LogP contribution is -2.19. The molecule has 0 amide bonds. The number of hydrogen-bond donors (Lipinski definition) is 1. The Labute approximate surface area is 122 Å². The van der Waals surface area contributed by atoms with Gasteiger partial charge in [0.1, 0.15) is 17.2 Å². The van der Waals surface area contributed by atoms with E-state index in [0.717, 1.165) is 0 Å². The topological polar surface area (TPSA) is 65.0 Å². The molecule has 2 aromatic carbocycles. The van der Waals surface area contributed by atoms with E-state index in [4.69, 9.17) is 14.2 Å². The van der Waals surface area contributed by atoms with Gasteiger partial charge in [-0.15, -0.1) is 0 Å². The molecule has 0 bridgehead atoms. The van der Waals surface area contributed by atoms with E-state index in [9.17, 15) is 9.90 Å². The second-order valence-electron chi connectivity index (χ2n) is 4.26. The number of rotatable bonds is 6. The lowest BCUT2D eigenvalue weighted by molar-refractivity contribution is -0.145. The van der Waals surface area contributed by atoms with E-state index >= 15 is 0 Å². The normalized spacial score (nSPS) is 11.5. The van der Waals surface area contributed by atoms with Gasteiger partial charge in [0, 0.05) is 11.6 Å². The number of carbonyl (C=O) groups is 1. The summed E-state index contributed by atoms with van der Waals surface area (Å²) in [6.07, 6.45) is -1.16. The molecule has 5 heteroatoms. The minimum atomic E-state index is -1.16. The van der Waals surface area contributed by atoms with Crippen molar-refractivity contribution >= 4 is 5.97 Å². The summed E-state index contributed by atoms with van der Waals surface area (Å²) in [6, 6.07) is 13.7. The van der Waals surface area contributed by atoms with Crippen molar-refractivity contribution in [1.82, 2.24) is 0 Å². The number of methoxy groups -OCH3 is 2. The molecule has 0 aliphatic carbocycles. The Balaban J connectivity index is 2.36. The van der Waals surface area contributed by atoms with Crippen LogP contribution in [-0.2, 0) is 4.79 Å². The summed E-state index contributed by atoms with van der Waals surface area (Å²) in [5.74, 6) is 0.363. The van der Waals surface area contributed by atoms with Gasteiger partial charge >= 0.3 is 5.97 Å². The Bertz CT molecular complexity index is 609. The third-order valence-corrected chi connectivity index (χ3v) is 2.94. The van der Waals surface area contributed by atoms with Crippen molar-refractivity contribution in [2.45, 2.75) is 6.10 Å². The van der Waals surface area contributed by atoms with Crippen molar-refractivity contribution in [2.75, 3.05) is 14.2 Å². The number of carboxylic acid groups (broad SMARTS) is 1. The number of benzene rings is 2. The van der Waals surface area contributed by atoms with E-state index in [0.29, 0.717) is 22.8 Å². The summed E-state index contributed by atoms with van der Waals surface area (Å²) in [7, 11) is 3.00. The van der Waals surface area contributed by atoms with E-state index in [1.54, 1.807) is 42.5 Å². The van der Waals surface area contributed by atoms with Crippen molar-refractivity contribution in [3.63, 3.8) is 0 Å². The quantitative estimate of drug-likeness (QED) is 0.885. The first-order valence-electron chi connectivity index (χ1n) is 6.32. The summed E-state index contributed by atoms with van der Waals surface area (Å²) in [6.45, 7) is 0. The maximum atomic E-state index is 11.5. The fraction of sp³-hybridized carbons (Fsp3) is 0.188. The molecule has 0 aliphatic rings. The molecule has 21 heavy (non-hydrogen) atoms. The van der Waals surface area contributed by atoms with Crippen LogP contribution in [0.25, 0.3) is 0 Å². The molecule has 0 saturated carbocycles. The van der Waals surface area contributed by atoms with E-state index in [1.807, 2.05) is 6.07 Å². The second-order valence-corrected chi connectivity index (χ2v) is 4.26. The first kappa shape index (κ1) is 14.7. The van der Waals surface area contributed by atoms with Crippen molar-refractivity contribution in [3.8, 4) is 17.2 Å². The monoisotopic (exact) mass is 288 g/mol. The number of carboxylic acids is 1. The van der Waals surface area contributed by atoms with E-state index in [1.165, 1.54) is 14.2 Å². The molecule has 110 valence electrons. The van der Waals surface area contributed by atoms with Crippen LogP contribution < -0.4 is 14.2 Å². The Morgan fingerprint density at radius 2 is 1.71 bits per heavy atom. The lowest BCUT2D eigenvalue weighted by atomic mass is 10.1. The second kappa shape index (κ2) is 6.65. The van der Waals surface area contributed by atoms with Crippen molar-refractivity contribution in [2.24, 2.45) is 0 Å². The number of aliphatic carboxylic acids is 1. The highest BCUT2D eigenvalue weighted by atomic mass is 16.5. The van der Waals surface area contributed by atoms with Crippen molar-refractivity contribution in [3.05, 3.63) is 54.1 Å².